The summed E-state index contributed by atoms with van der Waals surface area (Å²) in [7, 11) is 1.85. The van der Waals surface area contributed by atoms with Gasteiger partial charge < -0.3 is 5.32 Å². The zero-order valence-corrected chi connectivity index (χ0v) is 12.9. The molecule has 1 aliphatic rings. The van der Waals surface area contributed by atoms with E-state index in [0.717, 1.165) is 22.9 Å². The van der Waals surface area contributed by atoms with Gasteiger partial charge in [0.15, 0.2) is 0 Å². The van der Waals surface area contributed by atoms with Crippen molar-refractivity contribution in [2.75, 3.05) is 13.6 Å². The highest BCUT2D eigenvalue weighted by atomic mass is 79.9. The Morgan fingerprint density at radius 2 is 1.95 bits per heavy atom. The maximum atomic E-state index is 11.7. The molecule has 0 unspecified atom stereocenters. The minimum atomic E-state index is -0.394. The zero-order chi connectivity index (χ0) is 14.5. The summed E-state index contributed by atoms with van der Waals surface area (Å²) in [6.45, 7) is 0.846. The van der Waals surface area contributed by atoms with E-state index in [0.29, 0.717) is 6.54 Å². The minimum absolute atomic E-state index is 0.189. The van der Waals surface area contributed by atoms with Gasteiger partial charge >= 0.3 is 6.03 Å². The first-order valence-corrected chi connectivity index (χ1v) is 7.35. The van der Waals surface area contributed by atoms with Gasteiger partial charge in [-0.3, -0.25) is 15.0 Å². The van der Waals surface area contributed by atoms with E-state index in [1.165, 1.54) is 0 Å². The molecule has 5 nitrogen and oxygen atoms in total. The number of urea groups is 1. The lowest BCUT2D eigenvalue weighted by Gasteiger charge is -2.16. The number of likely N-dealkylation sites (N-methyl/N-ethyl adjacent to an activating group) is 1. The summed E-state index contributed by atoms with van der Waals surface area (Å²) in [5.41, 5.74) is 1.12. The molecule has 1 fully saturated rings. The van der Waals surface area contributed by atoms with Gasteiger partial charge in [0.05, 0.1) is 6.54 Å². The average Bonchev–Trinajstić information content (AvgIpc) is 3.15. The molecule has 0 spiro atoms. The SMILES string of the molecule is CN(CC(=O)NC(=O)NC1CC1)Cc1ccc(Br)cc1. The van der Waals surface area contributed by atoms with Crippen LogP contribution in [0.15, 0.2) is 28.7 Å². The third kappa shape index (κ3) is 5.30. The molecule has 20 heavy (non-hydrogen) atoms. The second kappa shape index (κ2) is 6.85. The number of nitrogens with zero attached hydrogens (tertiary/aromatic N) is 1. The fraction of sp³-hybridized carbons (Fsp3) is 0.429. The zero-order valence-electron chi connectivity index (χ0n) is 11.4. The van der Waals surface area contributed by atoms with Crippen LogP contribution in [0, 0.1) is 0 Å². The van der Waals surface area contributed by atoms with E-state index in [1.54, 1.807) is 0 Å². The van der Waals surface area contributed by atoms with Crippen molar-refractivity contribution in [3.8, 4) is 0 Å². The molecule has 3 amide bonds. The third-order valence-electron chi connectivity index (χ3n) is 2.94. The van der Waals surface area contributed by atoms with Crippen LogP contribution in [0.1, 0.15) is 18.4 Å². The Labute approximate surface area is 126 Å². The Bertz CT molecular complexity index is 486. The van der Waals surface area contributed by atoms with Gasteiger partial charge in [-0.2, -0.15) is 0 Å². The molecule has 0 aliphatic heterocycles. The van der Waals surface area contributed by atoms with E-state index >= 15 is 0 Å². The van der Waals surface area contributed by atoms with Crippen LogP contribution in [-0.4, -0.2) is 36.5 Å². The fourth-order valence-electron chi connectivity index (χ4n) is 1.82. The molecule has 2 rings (SSSR count). The third-order valence-corrected chi connectivity index (χ3v) is 3.47. The summed E-state index contributed by atoms with van der Waals surface area (Å²) in [5, 5.41) is 5.06. The first-order chi connectivity index (χ1) is 9.52. The van der Waals surface area contributed by atoms with Crippen LogP contribution in [0.25, 0.3) is 0 Å². The molecule has 108 valence electrons. The van der Waals surface area contributed by atoms with Gasteiger partial charge in [0.2, 0.25) is 5.91 Å². The van der Waals surface area contributed by atoms with Crippen molar-refractivity contribution < 1.29 is 9.59 Å². The summed E-state index contributed by atoms with van der Waals surface area (Å²) in [6, 6.07) is 7.78. The average molecular weight is 340 g/mol. The van der Waals surface area contributed by atoms with Crippen molar-refractivity contribution in [2.24, 2.45) is 0 Å². The van der Waals surface area contributed by atoms with Crippen molar-refractivity contribution in [3.05, 3.63) is 34.3 Å². The Hall–Kier alpha value is -1.40. The highest BCUT2D eigenvalue weighted by Gasteiger charge is 2.23. The van der Waals surface area contributed by atoms with E-state index in [1.807, 2.05) is 36.2 Å². The van der Waals surface area contributed by atoms with Crippen molar-refractivity contribution in [1.29, 1.82) is 0 Å². The number of amides is 3. The molecule has 6 heteroatoms. The number of nitrogens with one attached hydrogen (secondary N) is 2. The monoisotopic (exact) mass is 339 g/mol. The van der Waals surface area contributed by atoms with Crippen molar-refractivity contribution in [2.45, 2.75) is 25.4 Å². The van der Waals surface area contributed by atoms with Crippen molar-refractivity contribution in [1.82, 2.24) is 15.5 Å². The largest absolute Gasteiger partial charge is 0.335 e. The predicted octanol–water partition coefficient (Wildman–Crippen LogP) is 1.87. The molecule has 0 heterocycles. The van der Waals surface area contributed by atoms with Crippen molar-refractivity contribution >= 4 is 27.9 Å². The number of imide groups is 1. The van der Waals surface area contributed by atoms with E-state index in [9.17, 15) is 9.59 Å². The van der Waals surface area contributed by atoms with Crippen LogP contribution < -0.4 is 10.6 Å². The molecular weight excluding hydrogens is 322 g/mol. The Morgan fingerprint density at radius 1 is 1.30 bits per heavy atom. The number of halogens is 1. The summed E-state index contributed by atoms with van der Waals surface area (Å²) in [5.74, 6) is -0.289. The molecule has 0 saturated heterocycles. The molecule has 2 N–H and O–H groups in total. The Balaban J connectivity index is 1.72. The van der Waals surface area contributed by atoms with Gasteiger partial charge in [-0.15, -0.1) is 0 Å². The highest BCUT2D eigenvalue weighted by Crippen LogP contribution is 2.18. The first kappa shape index (κ1) is 15.0. The standard InChI is InChI=1S/C14H18BrN3O2/c1-18(8-10-2-4-11(15)5-3-10)9-13(19)17-14(20)16-12-6-7-12/h2-5,12H,6-9H2,1H3,(H2,16,17,19,20). The molecule has 0 atom stereocenters. The maximum absolute atomic E-state index is 11.7. The van der Waals surface area contributed by atoms with Gasteiger partial charge in [0.25, 0.3) is 0 Å². The summed E-state index contributed by atoms with van der Waals surface area (Å²) < 4.78 is 1.03. The number of carbonyl (C=O) groups excluding carboxylic acids is 2. The second-order valence-corrected chi connectivity index (χ2v) is 6.01. The highest BCUT2D eigenvalue weighted by molar-refractivity contribution is 9.10. The molecule has 1 aliphatic carbocycles. The van der Waals surface area contributed by atoms with Crippen LogP contribution in [0.4, 0.5) is 4.79 Å². The number of rotatable bonds is 5. The Morgan fingerprint density at radius 3 is 2.55 bits per heavy atom. The van der Waals surface area contributed by atoms with Crippen LogP contribution in [0.2, 0.25) is 0 Å². The van der Waals surface area contributed by atoms with Crippen LogP contribution in [0.3, 0.4) is 0 Å². The quantitative estimate of drug-likeness (QED) is 0.860. The van der Waals surface area contributed by atoms with Gasteiger partial charge in [0, 0.05) is 17.1 Å². The van der Waals surface area contributed by atoms with Crippen LogP contribution >= 0.6 is 15.9 Å². The number of hydrogen-bond donors (Lipinski definition) is 2. The number of carbonyl (C=O) groups is 2. The van der Waals surface area contributed by atoms with E-state index in [-0.39, 0.29) is 18.5 Å². The molecule has 1 aromatic rings. The lowest BCUT2D eigenvalue weighted by atomic mass is 10.2. The maximum Gasteiger partial charge on any atom is 0.321 e. The normalized spacial score (nSPS) is 14.2. The fourth-order valence-corrected chi connectivity index (χ4v) is 2.08. The van der Waals surface area contributed by atoms with E-state index < -0.39 is 6.03 Å². The second-order valence-electron chi connectivity index (χ2n) is 5.09. The number of benzene rings is 1. The predicted molar refractivity (Wildman–Crippen MR) is 80.2 cm³/mol. The molecule has 0 radical (unpaired) electrons. The summed E-state index contributed by atoms with van der Waals surface area (Å²) in [4.78, 5) is 25.0. The van der Waals surface area contributed by atoms with Gasteiger partial charge in [0.1, 0.15) is 0 Å². The summed E-state index contributed by atoms with van der Waals surface area (Å²) in [6.07, 6.45) is 2.01. The van der Waals surface area contributed by atoms with E-state index in [4.69, 9.17) is 0 Å². The molecule has 0 bridgehead atoms. The smallest absolute Gasteiger partial charge is 0.321 e. The first-order valence-electron chi connectivity index (χ1n) is 6.56. The van der Waals surface area contributed by atoms with Crippen LogP contribution in [-0.2, 0) is 11.3 Å². The van der Waals surface area contributed by atoms with E-state index in [2.05, 4.69) is 26.6 Å². The van der Waals surface area contributed by atoms with Crippen molar-refractivity contribution in [3.63, 3.8) is 0 Å². The topological polar surface area (TPSA) is 61.4 Å². The van der Waals surface area contributed by atoms with Crippen LogP contribution in [0.5, 0.6) is 0 Å². The van der Waals surface area contributed by atoms with Gasteiger partial charge in [-0.1, -0.05) is 28.1 Å². The molecule has 1 aromatic carbocycles. The molecular formula is C14H18BrN3O2. The lowest BCUT2D eigenvalue weighted by molar-refractivity contribution is -0.120. The van der Waals surface area contributed by atoms with Gasteiger partial charge in [-0.25, -0.2) is 4.79 Å². The van der Waals surface area contributed by atoms with Gasteiger partial charge in [-0.05, 0) is 37.6 Å². The Kier molecular flexibility index (Phi) is 5.14. The molecule has 1 saturated carbocycles. The molecule has 0 aromatic heterocycles. The summed E-state index contributed by atoms with van der Waals surface area (Å²) >= 11 is 3.38. The lowest BCUT2D eigenvalue weighted by Crippen LogP contribution is -2.44. The minimum Gasteiger partial charge on any atom is -0.335 e. The number of hydrogen-bond acceptors (Lipinski definition) is 3.